The number of nitrogens with one attached hydrogen (secondary N) is 1. The molecule has 1 N–H and O–H groups in total. The summed E-state index contributed by atoms with van der Waals surface area (Å²) in [6.07, 6.45) is 0. The molecule has 84 valence electrons. The van der Waals surface area contributed by atoms with Crippen LogP contribution in [0.2, 0.25) is 0 Å². The Morgan fingerprint density at radius 2 is 2.27 bits per heavy atom. The summed E-state index contributed by atoms with van der Waals surface area (Å²) in [6.45, 7) is 0.724. The third kappa shape index (κ3) is 4.40. The average Bonchev–Trinajstić information content (AvgIpc) is 2.66. The van der Waals surface area contributed by atoms with Gasteiger partial charge in [-0.2, -0.15) is 0 Å². The van der Waals surface area contributed by atoms with E-state index in [1.54, 1.807) is 0 Å². The van der Waals surface area contributed by atoms with E-state index in [-0.39, 0.29) is 5.97 Å². The van der Waals surface area contributed by atoms with Gasteiger partial charge in [0.25, 0.3) is 0 Å². The zero-order valence-corrected chi connectivity index (χ0v) is 9.73. The van der Waals surface area contributed by atoms with E-state index >= 15 is 0 Å². The van der Waals surface area contributed by atoms with Crippen LogP contribution in [-0.4, -0.2) is 25.9 Å². The van der Waals surface area contributed by atoms with E-state index in [1.165, 1.54) is 18.9 Å². The molecule has 0 fully saturated rings. The summed E-state index contributed by atoms with van der Waals surface area (Å²) < 4.78 is 10.0. The average molecular weight is 229 g/mol. The van der Waals surface area contributed by atoms with Gasteiger partial charge in [0.2, 0.25) is 0 Å². The van der Waals surface area contributed by atoms with Gasteiger partial charge in [-0.1, -0.05) is 0 Å². The smallest absolute Gasteiger partial charge is 0.315 e. The first kappa shape index (κ1) is 12.1. The SMILES string of the molecule is CNCc1ccc(CSCC(=O)OC)o1. The fourth-order valence-corrected chi connectivity index (χ4v) is 1.81. The van der Waals surface area contributed by atoms with Gasteiger partial charge in [-0.25, -0.2) is 0 Å². The second kappa shape index (κ2) is 6.53. The Balaban J connectivity index is 2.28. The molecule has 1 heterocycles. The zero-order chi connectivity index (χ0) is 11.1. The normalized spacial score (nSPS) is 10.3. The maximum Gasteiger partial charge on any atom is 0.315 e. The lowest BCUT2D eigenvalue weighted by Gasteiger charge is -1.98. The summed E-state index contributed by atoms with van der Waals surface area (Å²) in [6, 6.07) is 3.86. The topological polar surface area (TPSA) is 51.5 Å². The van der Waals surface area contributed by atoms with Crippen molar-refractivity contribution in [2.24, 2.45) is 0 Å². The van der Waals surface area contributed by atoms with Crippen molar-refractivity contribution in [3.63, 3.8) is 0 Å². The highest BCUT2D eigenvalue weighted by Crippen LogP contribution is 2.15. The second-order valence-electron chi connectivity index (χ2n) is 2.97. The molecule has 0 amide bonds. The van der Waals surface area contributed by atoms with E-state index in [0.717, 1.165) is 18.1 Å². The molecule has 0 unspecified atom stereocenters. The molecule has 0 bridgehead atoms. The van der Waals surface area contributed by atoms with E-state index in [0.29, 0.717) is 11.5 Å². The first-order valence-electron chi connectivity index (χ1n) is 4.63. The molecule has 1 aromatic heterocycles. The summed E-state index contributed by atoms with van der Waals surface area (Å²) in [7, 11) is 3.26. The molecule has 0 radical (unpaired) electrons. The Morgan fingerprint density at radius 3 is 2.93 bits per heavy atom. The Kier molecular flexibility index (Phi) is 5.28. The lowest BCUT2D eigenvalue weighted by atomic mass is 10.4. The van der Waals surface area contributed by atoms with E-state index in [4.69, 9.17) is 4.42 Å². The largest absolute Gasteiger partial charge is 0.468 e. The Bertz CT molecular complexity index is 311. The van der Waals surface area contributed by atoms with E-state index in [2.05, 4.69) is 10.1 Å². The molecule has 15 heavy (non-hydrogen) atoms. The molecule has 0 spiro atoms. The molecule has 1 rings (SSSR count). The number of hydrogen-bond acceptors (Lipinski definition) is 5. The molecular weight excluding hydrogens is 214 g/mol. The van der Waals surface area contributed by atoms with Crippen LogP contribution in [-0.2, 0) is 21.8 Å². The third-order valence-electron chi connectivity index (χ3n) is 1.76. The van der Waals surface area contributed by atoms with Crippen molar-refractivity contribution < 1.29 is 13.9 Å². The predicted octanol–water partition coefficient (Wildman–Crippen LogP) is 1.41. The fourth-order valence-electron chi connectivity index (χ4n) is 1.06. The van der Waals surface area contributed by atoms with Crippen molar-refractivity contribution in [2.75, 3.05) is 19.9 Å². The molecule has 0 atom stereocenters. The first-order chi connectivity index (χ1) is 7.26. The molecule has 0 saturated heterocycles. The molecule has 0 aliphatic heterocycles. The quantitative estimate of drug-likeness (QED) is 0.747. The summed E-state index contributed by atoms with van der Waals surface area (Å²) in [4.78, 5) is 10.8. The molecule has 0 aromatic carbocycles. The molecule has 0 aliphatic carbocycles. The number of carbonyl (C=O) groups excluding carboxylic acids is 1. The van der Waals surface area contributed by atoms with Crippen LogP contribution in [0.5, 0.6) is 0 Å². The van der Waals surface area contributed by atoms with Gasteiger partial charge in [-0.3, -0.25) is 4.79 Å². The van der Waals surface area contributed by atoms with Crippen LogP contribution in [0.4, 0.5) is 0 Å². The van der Waals surface area contributed by atoms with Crippen molar-refractivity contribution in [3.8, 4) is 0 Å². The van der Waals surface area contributed by atoms with Crippen LogP contribution in [0.15, 0.2) is 16.5 Å². The van der Waals surface area contributed by atoms with Crippen LogP contribution in [0.3, 0.4) is 0 Å². The monoisotopic (exact) mass is 229 g/mol. The molecule has 0 saturated carbocycles. The van der Waals surface area contributed by atoms with E-state index in [1.807, 2.05) is 19.2 Å². The lowest BCUT2D eigenvalue weighted by Crippen LogP contribution is -2.03. The summed E-state index contributed by atoms with van der Waals surface area (Å²) in [5, 5.41) is 3.01. The van der Waals surface area contributed by atoms with Gasteiger partial charge in [0.05, 0.1) is 25.2 Å². The highest BCUT2D eigenvalue weighted by Gasteiger charge is 2.04. The van der Waals surface area contributed by atoms with Crippen molar-refractivity contribution in [1.29, 1.82) is 0 Å². The maximum absolute atomic E-state index is 10.8. The number of methoxy groups -OCH3 is 1. The number of esters is 1. The fraction of sp³-hybridized carbons (Fsp3) is 0.500. The molecule has 1 aromatic rings. The maximum atomic E-state index is 10.8. The minimum absolute atomic E-state index is 0.206. The van der Waals surface area contributed by atoms with Gasteiger partial charge in [-0.15, -0.1) is 11.8 Å². The second-order valence-corrected chi connectivity index (χ2v) is 3.95. The summed E-state index contributed by atoms with van der Waals surface area (Å²) >= 11 is 1.48. The van der Waals surface area contributed by atoms with Crippen LogP contribution in [0.1, 0.15) is 11.5 Å². The van der Waals surface area contributed by atoms with Crippen LogP contribution in [0.25, 0.3) is 0 Å². The Morgan fingerprint density at radius 1 is 1.53 bits per heavy atom. The number of hydrogen-bond donors (Lipinski definition) is 1. The zero-order valence-electron chi connectivity index (χ0n) is 8.91. The Hall–Kier alpha value is -0.940. The lowest BCUT2D eigenvalue weighted by molar-refractivity contribution is -0.137. The van der Waals surface area contributed by atoms with Crippen molar-refractivity contribution >= 4 is 17.7 Å². The van der Waals surface area contributed by atoms with Crippen molar-refractivity contribution in [2.45, 2.75) is 12.3 Å². The van der Waals surface area contributed by atoms with Gasteiger partial charge in [0.15, 0.2) is 0 Å². The van der Waals surface area contributed by atoms with Gasteiger partial charge in [0, 0.05) is 0 Å². The van der Waals surface area contributed by atoms with Crippen LogP contribution in [0, 0.1) is 0 Å². The molecule has 4 nitrogen and oxygen atoms in total. The number of rotatable bonds is 6. The highest BCUT2D eigenvalue weighted by atomic mass is 32.2. The number of ether oxygens (including phenoxy) is 1. The molecular formula is C10H15NO3S. The van der Waals surface area contributed by atoms with Crippen molar-refractivity contribution in [3.05, 3.63) is 23.7 Å². The standard InChI is InChI=1S/C10H15NO3S/c1-11-5-8-3-4-9(14-8)6-15-7-10(12)13-2/h3-4,11H,5-7H2,1-2H3. The predicted molar refractivity (Wildman–Crippen MR) is 59.6 cm³/mol. The number of thioether (sulfide) groups is 1. The van der Waals surface area contributed by atoms with E-state index < -0.39 is 0 Å². The van der Waals surface area contributed by atoms with E-state index in [9.17, 15) is 4.79 Å². The van der Waals surface area contributed by atoms with Crippen LogP contribution < -0.4 is 5.32 Å². The summed E-state index contributed by atoms with van der Waals surface area (Å²) in [5.74, 6) is 2.64. The highest BCUT2D eigenvalue weighted by molar-refractivity contribution is 7.99. The number of furan rings is 1. The molecule has 0 aliphatic rings. The minimum Gasteiger partial charge on any atom is -0.468 e. The minimum atomic E-state index is -0.206. The van der Waals surface area contributed by atoms with Gasteiger partial charge in [0.1, 0.15) is 11.5 Å². The Labute approximate surface area is 93.4 Å². The third-order valence-corrected chi connectivity index (χ3v) is 2.69. The van der Waals surface area contributed by atoms with Gasteiger partial charge < -0.3 is 14.5 Å². The van der Waals surface area contributed by atoms with Crippen molar-refractivity contribution in [1.82, 2.24) is 5.32 Å². The van der Waals surface area contributed by atoms with Crippen LogP contribution >= 0.6 is 11.8 Å². The summed E-state index contributed by atoms with van der Waals surface area (Å²) in [5.41, 5.74) is 0. The molecule has 5 heteroatoms. The van der Waals surface area contributed by atoms with Gasteiger partial charge >= 0.3 is 5.97 Å². The van der Waals surface area contributed by atoms with Gasteiger partial charge in [-0.05, 0) is 19.2 Å². The number of carbonyl (C=O) groups is 1. The first-order valence-corrected chi connectivity index (χ1v) is 5.78.